The van der Waals surface area contributed by atoms with Crippen LogP contribution in [0.25, 0.3) is 0 Å². The summed E-state index contributed by atoms with van der Waals surface area (Å²) >= 11 is 11.3. The number of benzene rings is 1. The van der Waals surface area contributed by atoms with Crippen molar-refractivity contribution in [3.8, 4) is 5.75 Å². The van der Waals surface area contributed by atoms with Gasteiger partial charge in [0.2, 0.25) is 0 Å². The van der Waals surface area contributed by atoms with Gasteiger partial charge in [-0.15, -0.1) is 0 Å². The van der Waals surface area contributed by atoms with Gasteiger partial charge in [0.25, 0.3) is 0 Å². The zero-order valence-corrected chi connectivity index (χ0v) is 13.5. The van der Waals surface area contributed by atoms with Crippen LogP contribution in [0.3, 0.4) is 0 Å². The molecule has 20 heavy (non-hydrogen) atoms. The van der Waals surface area contributed by atoms with E-state index in [1.807, 2.05) is 29.7 Å². The van der Waals surface area contributed by atoms with Crippen molar-refractivity contribution in [2.24, 2.45) is 0 Å². The van der Waals surface area contributed by atoms with E-state index in [1.54, 1.807) is 6.07 Å². The summed E-state index contributed by atoms with van der Waals surface area (Å²) in [5.74, 6) is 1.47. The number of aromatic nitrogens is 3. The molecule has 0 fully saturated rings. The molecule has 6 heteroatoms. The zero-order chi connectivity index (χ0) is 14.9. The van der Waals surface area contributed by atoms with Gasteiger partial charge in [0.1, 0.15) is 5.75 Å². The molecule has 0 aliphatic heterocycles. The molecule has 2 aromatic rings. The molecular weight excluding hydrogens is 294 g/mol. The number of halogens is 1. The number of ether oxygens (including phenoxy) is 1. The fourth-order valence-electron chi connectivity index (χ4n) is 2.03. The van der Waals surface area contributed by atoms with E-state index in [0.717, 1.165) is 5.82 Å². The molecule has 0 amide bonds. The summed E-state index contributed by atoms with van der Waals surface area (Å²) in [4.78, 5) is 0. The Hall–Kier alpha value is -1.33. The van der Waals surface area contributed by atoms with Crippen LogP contribution >= 0.6 is 23.8 Å². The van der Waals surface area contributed by atoms with Crippen molar-refractivity contribution in [3.05, 3.63) is 39.9 Å². The molecule has 1 unspecified atom stereocenters. The van der Waals surface area contributed by atoms with Crippen LogP contribution in [-0.2, 0) is 5.54 Å². The summed E-state index contributed by atoms with van der Waals surface area (Å²) in [7, 11) is 0. The lowest BCUT2D eigenvalue weighted by Crippen LogP contribution is -2.26. The van der Waals surface area contributed by atoms with Gasteiger partial charge in [-0.3, -0.25) is 9.67 Å². The number of aromatic amines is 1. The number of nitrogens with zero attached hydrogens (tertiary/aromatic N) is 2. The maximum absolute atomic E-state index is 5.96. The molecule has 0 aliphatic rings. The molecule has 1 aromatic heterocycles. The molecule has 1 heterocycles. The van der Waals surface area contributed by atoms with Gasteiger partial charge in [-0.1, -0.05) is 17.7 Å². The van der Waals surface area contributed by atoms with Crippen molar-refractivity contribution in [3.63, 3.8) is 0 Å². The second-order valence-electron chi connectivity index (χ2n) is 5.61. The van der Waals surface area contributed by atoms with Crippen molar-refractivity contribution in [1.29, 1.82) is 0 Å². The second kappa shape index (κ2) is 5.58. The largest absolute Gasteiger partial charge is 0.483 e. The molecule has 0 bridgehead atoms. The highest BCUT2D eigenvalue weighted by Crippen LogP contribution is 2.26. The third kappa shape index (κ3) is 3.22. The molecule has 0 radical (unpaired) electrons. The molecule has 2 rings (SSSR count). The van der Waals surface area contributed by atoms with Crippen molar-refractivity contribution < 1.29 is 4.74 Å². The van der Waals surface area contributed by atoms with Gasteiger partial charge in [-0.05, 0) is 58.1 Å². The van der Waals surface area contributed by atoms with Crippen molar-refractivity contribution >= 4 is 23.8 Å². The van der Waals surface area contributed by atoms with E-state index in [0.29, 0.717) is 15.5 Å². The third-order valence-electron chi connectivity index (χ3n) is 2.84. The Balaban J connectivity index is 2.31. The van der Waals surface area contributed by atoms with E-state index in [2.05, 4.69) is 31.0 Å². The van der Waals surface area contributed by atoms with Crippen LogP contribution in [0.15, 0.2) is 24.3 Å². The van der Waals surface area contributed by atoms with Crippen LogP contribution in [-0.4, -0.2) is 14.8 Å². The molecule has 1 aromatic carbocycles. The maximum atomic E-state index is 5.96. The Kier molecular flexibility index (Phi) is 4.20. The van der Waals surface area contributed by atoms with Crippen LogP contribution in [0.2, 0.25) is 5.02 Å². The van der Waals surface area contributed by atoms with Gasteiger partial charge in [-0.2, -0.15) is 5.10 Å². The summed E-state index contributed by atoms with van der Waals surface area (Å²) in [5.41, 5.74) is -0.161. The SMILES string of the molecule is CC(Oc1cccc(Cl)c1)c1n[nH]c(=S)n1C(C)(C)C. The normalized spacial score (nSPS) is 13.2. The summed E-state index contributed by atoms with van der Waals surface area (Å²) in [6, 6.07) is 7.31. The first-order valence-corrected chi connectivity index (χ1v) is 7.17. The molecule has 1 atom stereocenters. The van der Waals surface area contributed by atoms with E-state index in [9.17, 15) is 0 Å². The number of rotatable bonds is 3. The highest BCUT2D eigenvalue weighted by atomic mass is 35.5. The lowest BCUT2D eigenvalue weighted by Gasteiger charge is -2.25. The van der Waals surface area contributed by atoms with Crippen LogP contribution < -0.4 is 4.74 Å². The minimum absolute atomic E-state index is 0.161. The van der Waals surface area contributed by atoms with Gasteiger partial charge in [0, 0.05) is 10.6 Å². The second-order valence-corrected chi connectivity index (χ2v) is 6.43. The van der Waals surface area contributed by atoms with E-state index in [-0.39, 0.29) is 11.6 Å². The average molecular weight is 312 g/mol. The highest BCUT2D eigenvalue weighted by molar-refractivity contribution is 7.71. The van der Waals surface area contributed by atoms with E-state index >= 15 is 0 Å². The minimum atomic E-state index is -0.236. The fraction of sp³-hybridized carbons (Fsp3) is 0.429. The molecule has 0 spiro atoms. The van der Waals surface area contributed by atoms with E-state index in [4.69, 9.17) is 28.6 Å². The molecule has 0 aliphatic carbocycles. The summed E-state index contributed by atoms with van der Waals surface area (Å²) in [5, 5.41) is 7.76. The first-order chi connectivity index (χ1) is 9.29. The smallest absolute Gasteiger partial charge is 0.195 e. The molecule has 0 saturated carbocycles. The Morgan fingerprint density at radius 3 is 2.70 bits per heavy atom. The summed E-state index contributed by atoms with van der Waals surface area (Å²) < 4.78 is 8.46. The van der Waals surface area contributed by atoms with Crippen molar-refractivity contribution in [2.75, 3.05) is 0 Å². The van der Waals surface area contributed by atoms with Crippen LogP contribution in [0, 0.1) is 4.77 Å². The number of nitrogens with one attached hydrogen (secondary N) is 1. The molecule has 108 valence electrons. The Morgan fingerprint density at radius 2 is 2.10 bits per heavy atom. The van der Waals surface area contributed by atoms with Gasteiger partial charge in [0.15, 0.2) is 16.7 Å². The van der Waals surface area contributed by atoms with Gasteiger partial charge in [-0.25, -0.2) is 0 Å². The fourth-order valence-corrected chi connectivity index (χ4v) is 2.62. The monoisotopic (exact) mass is 311 g/mol. The molecule has 1 N–H and O–H groups in total. The lowest BCUT2D eigenvalue weighted by atomic mass is 10.1. The minimum Gasteiger partial charge on any atom is -0.483 e. The number of hydrogen-bond acceptors (Lipinski definition) is 3. The third-order valence-corrected chi connectivity index (χ3v) is 3.35. The predicted molar refractivity (Wildman–Crippen MR) is 82.9 cm³/mol. The topological polar surface area (TPSA) is 42.8 Å². The molecular formula is C14H18ClN3OS. The Labute approximate surface area is 128 Å². The lowest BCUT2D eigenvalue weighted by molar-refractivity contribution is 0.199. The summed E-state index contributed by atoms with van der Waals surface area (Å²) in [6.45, 7) is 8.17. The first-order valence-electron chi connectivity index (χ1n) is 6.39. The van der Waals surface area contributed by atoms with Gasteiger partial charge >= 0.3 is 0 Å². The zero-order valence-electron chi connectivity index (χ0n) is 12.0. The standard InChI is InChI=1S/C14H18ClN3OS/c1-9(19-11-7-5-6-10(15)8-11)12-16-17-13(20)18(12)14(2,3)4/h5-9H,1-4H3,(H,17,20). The van der Waals surface area contributed by atoms with Gasteiger partial charge < -0.3 is 4.74 Å². The first kappa shape index (κ1) is 15.1. The molecule has 0 saturated heterocycles. The van der Waals surface area contributed by atoms with Gasteiger partial charge in [0.05, 0.1) is 0 Å². The Bertz CT molecular complexity index is 657. The van der Waals surface area contributed by atoms with Crippen molar-refractivity contribution in [1.82, 2.24) is 14.8 Å². The van der Waals surface area contributed by atoms with Crippen LogP contribution in [0.5, 0.6) is 5.75 Å². The Morgan fingerprint density at radius 1 is 1.40 bits per heavy atom. The van der Waals surface area contributed by atoms with E-state index in [1.165, 1.54) is 0 Å². The number of hydrogen-bond donors (Lipinski definition) is 1. The highest BCUT2D eigenvalue weighted by Gasteiger charge is 2.23. The van der Waals surface area contributed by atoms with E-state index < -0.39 is 0 Å². The predicted octanol–water partition coefficient (Wildman–Crippen LogP) is 4.49. The van der Waals surface area contributed by atoms with Crippen LogP contribution in [0.1, 0.15) is 39.6 Å². The van der Waals surface area contributed by atoms with Crippen molar-refractivity contribution in [2.45, 2.75) is 39.3 Å². The van der Waals surface area contributed by atoms with Crippen LogP contribution in [0.4, 0.5) is 0 Å². The quantitative estimate of drug-likeness (QED) is 0.849. The maximum Gasteiger partial charge on any atom is 0.195 e. The summed E-state index contributed by atoms with van der Waals surface area (Å²) in [6.07, 6.45) is -0.236. The molecule has 4 nitrogen and oxygen atoms in total. The number of H-pyrrole nitrogens is 1. The average Bonchev–Trinajstić information content (AvgIpc) is 2.71.